The second-order valence-electron chi connectivity index (χ2n) is 4.63. The molecule has 5 nitrogen and oxygen atoms in total. The highest BCUT2D eigenvalue weighted by molar-refractivity contribution is 5.74. The van der Waals surface area contributed by atoms with Gasteiger partial charge in [0.15, 0.2) is 0 Å². The van der Waals surface area contributed by atoms with Crippen LogP contribution in [0.4, 0.5) is 0 Å². The van der Waals surface area contributed by atoms with Crippen molar-refractivity contribution in [1.29, 1.82) is 0 Å². The molecule has 0 amide bonds. The molecule has 3 heterocycles. The minimum absolute atomic E-state index is 0.370. The molecule has 0 saturated carbocycles. The van der Waals surface area contributed by atoms with Crippen molar-refractivity contribution < 1.29 is 4.74 Å². The summed E-state index contributed by atoms with van der Waals surface area (Å²) in [5, 5.41) is 3.51. The Kier molecular flexibility index (Phi) is 3.25. The zero-order valence-corrected chi connectivity index (χ0v) is 10.6. The van der Waals surface area contributed by atoms with Crippen molar-refractivity contribution in [2.24, 2.45) is 0 Å². The van der Waals surface area contributed by atoms with Gasteiger partial charge in [0, 0.05) is 19.9 Å². The first-order valence-electron chi connectivity index (χ1n) is 6.42. The summed E-state index contributed by atoms with van der Waals surface area (Å²) in [4.78, 5) is 8.95. The van der Waals surface area contributed by atoms with Crippen LogP contribution in [0.1, 0.15) is 24.7 Å². The number of aromatic nitrogens is 3. The molecular formula is C13H18N4O. The largest absolute Gasteiger partial charge is 0.383 e. The van der Waals surface area contributed by atoms with Crippen molar-refractivity contribution in [3.63, 3.8) is 0 Å². The standard InChI is InChI=1S/C13H18N4O/c1-18-8-7-17-12-9-14-6-4-10(12)16-13(17)11-3-2-5-15-11/h4,6,9,11,15H,2-3,5,7-8H2,1H3/t11-/m0/s1. The highest BCUT2D eigenvalue weighted by atomic mass is 16.5. The molecule has 0 spiro atoms. The number of fused-ring (bicyclic) bond motifs is 1. The van der Waals surface area contributed by atoms with Crippen LogP contribution in [-0.4, -0.2) is 34.8 Å². The van der Waals surface area contributed by atoms with Gasteiger partial charge >= 0.3 is 0 Å². The lowest BCUT2D eigenvalue weighted by molar-refractivity contribution is 0.187. The van der Waals surface area contributed by atoms with E-state index in [1.54, 1.807) is 13.3 Å². The molecule has 1 N–H and O–H groups in total. The number of rotatable bonds is 4. The quantitative estimate of drug-likeness (QED) is 0.888. The van der Waals surface area contributed by atoms with Gasteiger partial charge in [-0.15, -0.1) is 0 Å². The van der Waals surface area contributed by atoms with E-state index in [0.717, 1.165) is 36.4 Å². The Balaban J connectivity index is 2.04. The fourth-order valence-electron chi connectivity index (χ4n) is 2.58. The molecule has 1 fully saturated rings. The van der Waals surface area contributed by atoms with Crippen LogP contribution in [0.15, 0.2) is 18.5 Å². The first kappa shape index (κ1) is 11.6. The van der Waals surface area contributed by atoms with Crippen molar-refractivity contribution >= 4 is 11.0 Å². The van der Waals surface area contributed by atoms with Crippen molar-refractivity contribution in [3.05, 3.63) is 24.3 Å². The van der Waals surface area contributed by atoms with E-state index in [9.17, 15) is 0 Å². The number of nitrogens with zero attached hydrogens (tertiary/aromatic N) is 3. The Hall–Kier alpha value is -1.46. The van der Waals surface area contributed by atoms with Gasteiger partial charge in [0.05, 0.1) is 29.9 Å². The van der Waals surface area contributed by atoms with Crippen LogP contribution in [-0.2, 0) is 11.3 Å². The Bertz CT molecular complexity index is 531. The molecule has 96 valence electrons. The lowest BCUT2D eigenvalue weighted by atomic mass is 10.2. The fraction of sp³-hybridized carbons (Fsp3) is 0.538. The smallest absolute Gasteiger partial charge is 0.127 e. The monoisotopic (exact) mass is 246 g/mol. The Morgan fingerprint density at radius 3 is 3.28 bits per heavy atom. The molecule has 0 bridgehead atoms. The van der Waals surface area contributed by atoms with E-state index in [2.05, 4.69) is 14.9 Å². The first-order valence-corrected chi connectivity index (χ1v) is 6.42. The average molecular weight is 246 g/mol. The van der Waals surface area contributed by atoms with Gasteiger partial charge in [-0.1, -0.05) is 0 Å². The Labute approximate surface area is 106 Å². The molecule has 18 heavy (non-hydrogen) atoms. The highest BCUT2D eigenvalue weighted by Gasteiger charge is 2.22. The van der Waals surface area contributed by atoms with Crippen LogP contribution >= 0.6 is 0 Å². The van der Waals surface area contributed by atoms with E-state index in [4.69, 9.17) is 9.72 Å². The summed E-state index contributed by atoms with van der Waals surface area (Å²) in [6, 6.07) is 2.34. The van der Waals surface area contributed by atoms with Crippen LogP contribution in [0.25, 0.3) is 11.0 Å². The lowest BCUT2D eigenvalue weighted by Crippen LogP contribution is -2.19. The maximum Gasteiger partial charge on any atom is 0.127 e. The molecular weight excluding hydrogens is 228 g/mol. The van der Waals surface area contributed by atoms with Gasteiger partial charge in [0.1, 0.15) is 5.82 Å². The van der Waals surface area contributed by atoms with Crippen LogP contribution in [0, 0.1) is 0 Å². The van der Waals surface area contributed by atoms with Crippen LogP contribution in [0.3, 0.4) is 0 Å². The normalized spacial score (nSPS) is 19.7. The summed E-state index contributed by atoms with van der Waals surface area (Å²) in [5.74, 6) is 1.12. The molecule has 1 aliphatic rings. The number of nitrogens with one attached hydrogen (secondary N) is 1. The SMILES string of the molecule is COCCn1c([C@@H]2CCCN2)nc2ccncc21. The van der Waals surface area contributed by atoms with E-state index in [0.29, 0.717) is 12.6 Å². The predicted octanol–water partition coefficient (Wildman–Crippen LogP) is 1.50. The van der Waals surface area contributed by atoms with Crippen molar-refractivity contribution in [2.45, 2.75) is 25.4 Å². The highest BCUT2D eigenvalue weighted by Crippen LogP contribution is 2.25. The molecule has 0 unspecified atom stereocenters. The summed E-state index contributed by atoms with van der Waals surface area (Å²) in [7, 11) is 1.73. The van der Waals surface area contributed by atoms with Crippen molar-refractivity contribution in [2.75, 3.05) is 20.3 Å². The topological polar surface area (TPSA) is 52.0 Å². The summed E-state index contributed by atoms with van der Waals surface area (Å²) in [5.41, 5.74) is 2.11. The van der Waals surface area contributed by atoms with E-state index in [1.165, 1.54) is 6.42 Å². The molecule has 1 aliphatic heterocycles. The summed E-state index contributed by atoms with van der Waals surface area (Å²) in [6.45, 7) is 2.60. The number of ether oxygens (including phenoxy) is 1. The third-order valence-electron chi connectivity index (χ3n) is 3.47. The average Bonchev–Trinajstić information content (AvgIpc) is 3.03. The zero-order chi connectivity index (χ0) is 12.4. The van der Waals surface area contributed by atoms with Gasteiger partial charge in [-0.3, -0.25) is 4.98 Å². The van der Waals surface area contributed by atoms with Crippen LogP contribution in [0.2, 0.25) is 0 Å². The van der Waals surface area contributed by atoms with Gasteiger partial charge in [-0.25, -0.2) is 4.98 Å². The number of hydrogen-bond donors (Lipinski definition) is 1. The Morgan fingerprint density at radius 2 is 2.50 bits per heavy atom. The molecule has 0 aromatic carbocycles. The maximum absolute atomic E-state index is 5.19. The maximum atomic E-state index is 5.19. The van der Waals surface area contributed by atoms with Gasteiger partial charge < -0.3 is 14.6 Å². The first-order chi connectivity index (χ1) is 8.90. The van der Waals surface area contributed by atoms with Gasteiger partial charge in [0.2, 0.25) is 0 Å². The molecule has 0 aliphatic carbocycles. The second kappa shape index (κ2) is 5.04. The molecule has 2 aromatic heterocycles. The van der Waals surface area contributed by atoms with Crippen LogP contribution in [0.5, 0.6) is 0 Å². The minimum atomic E-state index is 0.370. The third kappa shape index (κ3) is 2.00. The Morgan fingerprint density at radius 1 is 1.56 bits per heavy atom. The van der Waals surface area contributed by atoms with Crippen LogP contribution < -0.4 is 5.32 Å². The fourth-order valence-corrected chi connectivity index (χ4v) is 2.58. The number of methoxy groups -OCH3 is 1. The third-order valence-corrected chi connectivity index (χ3v) is 3.47. The lowest BCUT2D eigenvalue weighted by Gasteiger charge is -2.13. The predicted molar refractivity (Wildman–Crippen MR) is 69.4 cm³/mol. The summed E-state index contributed by atoms with van der Waals surface area (Å²) in [6.07, 6.45) is 6.05. The molecule has 3 rings (SSSR count). The van der Waals surface area contributed by atoms with Gasteiger partial charge in [-0.2, -0.15) is 0 Å². The summed E-state index contributed by atoms with van der Waals surface area (Å²) >= 11 is 0. The molecule has 0 radical (unpaired) electrons. The zero-order valence-electron chi connectivity index (χ0n) is 10.6. The van der Waals surface area contributed by atoms with Crippen molar-refractivity contribution in [3.8, 4) is 0 Å². The van der Waals surface area contributed by atoms with Gasteiger partial charge in [0.25, 0.3) is 0 Å². The number of pyridine rings is 1. The van der Waals surface area contributed by atoms with E-state index in [-0.39, 0.29) is 0 Å². The number of hydrogen-bond acceptors (Lipinski definition) is 4. The second-order valence-corrected chi connectivity index (χ2v) is 4.63. The molecule has 2 aromatic rings. The van der Waals surface area contributed by atoms with E-state index in [1.807, 2.05) is 12.3 Å². The number of imidazole rings is 1. The molecule has 5 heteroatoms. The minimum Gasteiger partial charge on any atom is -0.383 e. The van der Waals surface area contributed by atoms with Gasteiger partial charge in [-0.05, 0) is 25.5 Å². The molecule has 1 atom stereocenters. The van der Waals surface area contributed by atoms with Crippen molar-refractivity contribution in [1.82, 2.24) is 19.9 Å². The molecule has 1 saturated heterocycles. The van der Waals surface area contributed by atoms with E-state index < -0.39 is 0 Å². The van der Waals surface area contributed by atoms with E-state index >= 15 is 0 Å². The summed E-state index contributed by atoms with van der Waals surface area (Å²) < 4.78 is 7.42.